The van der Waals surface area contributed by atoms with Crippen LogP contribution in [0.2, 0.25) is 0 Å². The second-order valence-corrected chi connectivity index (χ2v) is 4.46. The topological polar surface area (TPSA) is 44.4 Å². The number of hydrogen-bond acceptors (Lipinski definition) is 3. The number of carbonyl (C=O) groups excluding carboxylic acids is 1. The first-order chi connectivity index (χ1) is 6.58. The average molecular weight is 199 g/mol. The lowest BCUT2D eigenvalue weighted by Crippen LogP contribution is -2.46. The molecule has 0 bridgehead atoms. The Labute approximate surface area is 86.0 Å². The molecule has 0 aromatic carbocycles. The molecule has 82 valence electrons. The van der Waals surface area contributed by atoms with Crippen LogP contribution in [-0.2, 0) is 4.79 Å². The monoisotopic (exact) mass is 199 g/mol. The molecular formula is C10H21N3O. The standard InChI is InChI=1S/C10H21N3O/c1-8(7-13(2)3)12-10(14)4-9-5-11-6-9/h8-9,11H,4-7H2,1-3H3,(H,12,14). The van der Waals surface area contributed by atoms with Gasteiger partial charge in [0.1, 0.15) is 0 Å². The number of amides is 1. The van der Waals surface area contributed by atoms with E-state index in [4.69, 9.17) is 0 Å². The highest BCUT2D eigenvalue weighted by molar-refractivity contribution is 5.76. The van der Waals surface area contributed by atoms with Gasteiger partial charge in [0.15, 0.2) is 0 Å². The molecule has 1 heterocycles. The Hall–Kier alpha value is -0.610. The molecular weight excluding hydrogens is 178 g/mol. The Balaban J connectivity index is 2.11. The van der Waals surface area contributed by atoms with Crippen molar-refractivity contribution in [2.24, 2.45) is 5.92 Å². The summed E-state index contributed by atoms with van der Waals surface area (Å²) in [5, 5.41) is 6.17. The summed E-state index contributed by atoms with van der Waals surface area (Å²) in [5.74, 6) is 0.743. The predicted octanol–water partition coefficient (Wildman–Crippen LogP) is -0.338. The number of hydrogen-bond donors (Lipinski definition) is 2. The molecule has 1 rings (SSSR count). The van der Waals surface area contributed by atoms with Gasteiger partial charge in [-0.3, -0.25) is 4.79 Å². The lowest BCUT2D eigenvalue weighted by Gasteiger charge is -2.27. The summed E-state index contributed by atoms with van der Waals surface area (Å²) in [6, 6.07) is 0.241. The highest BCUT2D eigenvalue weighted by Gasteiger charge is 2.20. The molecule has 14 heavy (non-hydrogen) atoms. The quantitative estimate of drug-likeness (QED) is 0.637. The van der Waals surface area contributed by atoms with E-state index in [1.54, 1.807) is 0 Å². The highest BCUT2D eigenvalue weighted by atomic mass is 16.1. The lowest BCUT2D eigenvalue weighted by molar-refractivity contribution is -0.123. The molecule has 1 aliphatic rings. The van der Waals surface area contributed by atoms with E-state index < -0.39 is 0 Å². The van der Waals surface area contributed by atoms with Crippen LogP contribution in [0.1, 0.15) is 13.3 Å². The number of likely N-dealkylation sites (N-methyl/N-ethyl adjacent to an activating group) is 1. The van der Waals surface area contributed by atoms with Crippen LogP contribution in [0.15, 0.2) is 0 Å². The molecule has 0 aromatic rings. The van der Waals surface area contributed by atoms with Crippen LogP contribution in [-0.4, -0.2) is 50.6 Å². The van der Waals surface area contributed by atoms with E-state index in [9.17, 15) is 4.79 Å². The minimum atomic E-state index is 0.186. The lowest BCUT2D eigenvalue weighted by atomic mass is 9.99. The molecule has 0 spiro atoms. The maximum absolute atomic E-state index is 11.5. The predicted molar refractivity (Wildman–Crippen MR) is 57.1 cm³/mol. The van der Waals surface area contributed by atoms with Gasteiger partial charge in [-0.25, -0.2) is 0 Å². The molecule has 0 aliphatic carbocycles. The van der Waals surface area contributed by atoms with Crippen molar-refractivity contribution in [3.63, 3.8) is 0 Å². The third-order valence-electron chi connectivity index (χ3n) is 2.39. The van der Waals surface area contributed by atoms with E-state index in [0.717, 1.165) is 19.6 Å². The van der Waals surface area contributed by atoms with Crippen LogP contribution in [0.4, 0.5) is 0 Å². The van der Waals surface area contributed by atoms with Crippen molar-refractivity contribution < 1.29 is 4.79 Å². The third-order valence-corrected chi connectivity index (χ3v) is 2.39. The molecule has 1 fully saturated rings. The zero-order valence-electron chi connectivity index (χ0n) is 9.34. The van der Waals surface area contributed by atoms with Gasteiger partial charge in [0.05, 0.1) is 0 Å². The van der Waals surface area contributed by atoms with E-state index in [1.165, 1.54) is 0 Å². The van der Waals surface area contributed by atoms with Crippen molar-refractivity contribution in [2.75, 3.05) is 33.7 Å². The summed E-state index contributed by atoms with van der Waals surface area (Å²) in [5.41, 5.74) is 0. The Morgan fingerprint density at radius 3 is 2.64 bits per heavy atom. The summed E-state index contributed by atoms with van der Waals surface area (Å²) in [6.45, 7) is 4.93. The number of rotatable bonds is 5. The normalized spacial score (nSPS) is 19.1. The van der Waals surface area contributed by atoms with Crippen molar-refractivity contribution in [1.82, 2.24) is 15.5 Å². The summed E-state index contributed by atoms with van der Waals surface area (Å²) >= 11 is 0. The molecule has 0 saturated carbocycles. The van der Waals surface area contributed by atoms with E-state index in [1.807, 2.05) is 21.0 Å². The smallest absolute Gasteiger partial charge is 0.220 e. The van der Waals surface area contributed by atoms with Gasteiger partial charge in [-0.1, -0.05) is 0 Å². The molecule has 0 radical (unpaired) electrons. The molecule has 2 N–H and O–H groups in total. The van der Waals surface area contributed by atoms with Gasteiger partial charge in [0.2, 0.25) is 5.91 Å². The van der Waals surface area contributed by atoms with Crippen LogP contribution in [0.3, 0.4) is 0 Å². The van der Waals surface area contributed by atoms with E-state index in [0.29, 0.717) is 12.3 Å². The van der Waals surface area contributed by atoms with E-state index >= 15 is 0 Å². The fraction of sp³-hybridized carbons (Fsp3) is 0.900. The average Bonchev–Trinajstić information content (AvgIpc) is 1.94. The SMILES string of the molecule is CC(CN(C)C)NC(=O)CC1CNC1. The zero-order valence-corrected chi connectivity index (χ0v) is 9.34. The molecule has 1 unspecified atom stereocenters. The Kier molecular flexibility index (Phi) is 4.35. The van der Waals surface area contributed by atoms with Gasteiger partial charge in [-0.2, -0.15) is 0 Å². The minimum Gasteiger partial charge on any atom is -0.352 e. The van der Waals surface area contributed by atoms with Crippen LogP contribution in [0, 0.1) is 5.92 Å². The first-order valence-corrected chi connectivity index (χ1v) is 5.22. The zero-order chi connectivity index (χ0) is 10.6. The fourth-order valence-corrected chi connectivity index (χ4v) is 1.68. The summed E-state index contributed by atoms with van der Waals surface area (Å²) in [7, 11) is 4.02. The van der Waals surface area contributed by atoms with Gasteiger partial charge < -0.3 is 15.5 Å². The minimum absolute atomic E-state index is 0.186. The fourth-order valence-electron chi connectivity index (χ4n) is 1.68. The van der Waals surface area contributed by atoms with Crippen molar-refractivity contribution in [2.45, 2.75) is 19.4 Å². The largest absolute Gasteiger partial charge is 0.352 e. The molecule has 1 aliphatic heterocycles. The molecule has 4 heteroatoms. The maximum atomic E-state index is 11.5. The van der Waals surface area contributed by atoms with Crippen LogP contribution >= 0.6 is 0 Å². The van der Waals surface area contributed by atoms with Crippen LogP contribution in [0.25, 0.3) is 0 Å². The van der Waals surface area contributed by atoms with Crippen molar-refractivity contribution in [3.8, 4) is 0 Å². The second kappa shape index (κ2) is 5.32. The second-order valence-electron chi connectivity index (χ2n) is 4.46. The summed E-state index contributed by atoms with van der Waals surface area (Å²) in [6.07, 6.45) is 0.671. The highest BCUT2D eigenvalue weighted by Crippen LogP contribution is 2.07. The van der Waals surface area contributed by atoms with Crippen molar-refractivity contribution in [3.05, 3.63) is 0 Å². The Morgan fingerprint density at radius 1 is 1.57 bits per heavy atom. The van der Waals surface area contributed by atoms with Crippen LogP contribution in [0.5, 0.6) is 0 Å². The van der Waals surface area contributed by atoms with Gasteiger partial charge >= 0.3 is 0 Å². The summed E-state index contributed by atoms with van der Waals surface area (Å²) in [4.78, 5) is 13.6. The summed E-state index contributed by atoms with van der Waals surface area (Å²) < 4.78 is 0. The van der Waals surface area contributed by atoms with Gasteiger partial charge in [0.25, 0.3) is 0 Å². The Morgan fingerprint density at radius 2 is 2.21 bits per heavy atom. The van der Waals surface area contributed by atoms with Gasteiger partial charge in [-0.05, 0) is 40.0 Å². The van der Waals surface area contributed by atoms with E-state index in [-0.39, 0.29) is 11.9 Å². The molecule has 1 amide bonds. The van der Waals surface area contributed by atoms with E-state index in [2.05, 4.69) is 15.5 Å². The molecule has 4 nitrogen and oxygen atoms in total. The van der Waals surface area contributed by atoms with Crippen LogP contribution < -0.4 is 10.6 Å². The van der Waals surface area contributed by atoms with Crippen molar-refractivity contribution >= 4 is 5.91 Å². The number of carbonyl (C=O) groups is 1. The van der Waals surface area contributed by atoms with Gasteiger partial charge in [-0.15, -0.1) is 0 Å². The first-order valence-electron chi connectivity index (χ1n) is 5.22. The van der Waals surface area contributed by atoms with Crippen molar-refractivity contribution in [1.29, 1.82) is 0 Å². The molecule has 0 aromatic heterocycles. The first kappa shape index (κ1) is 11.5. The number of nitrogens with one attached hydrogen (secondary N) is 2. The van der Waals surface area contributed by atoms with Gasteiger partial charge in [0, 0.05) is 19.0 Å². The Bertz CT molecular complexity index is 190. The molecule has 1 saturated heterocycles. The third kappa shape index (κ3) is 4.07. The molecule has 1 atom stereocenters. The number of nitrogens with zero attached hydrogens (tertiary/aromatic N) is 1. The maximum Gasteiger partial charge on any atom is 0.220 e.